The second-order valence-electron chi connectivity index (χ2n) is 7.98. The van der Waals surface area contributed by atoms with Crippen molar-refractivity contribution in [1.82, 2.24) is 5.32 Å². The second-order valence-corrected chi connectivity index (χ2v) is 9.08. The van der Waals surface area contributed by atoms with Crippen molar-refractivity contribution in [3.63, 3.8) is 0 Å². The number of benzene rings is 1. The van der Waals surface area contributed by atoms with Gasteiger partial charge in [-0.1, -0.05) is 19.9 Å². The van der Waals surface area contributed by atoms with E-state index in [1.807, 2.05) is 18.2 Å². The van der Waals surface area contributed by atoms with Gasteiger partial charge < -0.3 is 25.8 Å². The minimum Gasteiger partial charge on any atom is -0.486 e. The number of amides is 2. The van der Waals surface area contributed by atoms with Crippen molar-refractivity contribution in [1.29, 1.82) is 0 Å². The number of fused-ring (bicyclic) bond motifs is 2. The maximum Gasteiger partial charge on any atom is 0.251 e. The van der Waals surface area contributed by atoms with Gasteiger partial charge >= 0.3 is 0 Å². The van der Waals surface area contributed by atoms with Gasteiger partial charge in [-0.05, 0) is 48.4 Å². The van der Waals surface area contributed by atoms with Gasteiger partial charge in [0.25, 0.3) is 5.91 Å². The lowest BCUT2D eigenvalue weighted by Crippen LogP contribution is -2.34. The van der Waals surface area contributed by atoms with Gasteiger partial charge in [-0.3, -0.25) is 9.59 Å². The lowest BCUT2D eigenvalue weighted by Gasteiger charge is -2.25. The van der Waals surface area contributed by atoms with Crippen LogP contribution in [0.3, 0.4) is 0 Å². The van der Waals surface area contributed by atoms with Gasteiger partial charge in [0.05, 0.1) is 12.1 Å². The fourth-order valence-electron chi connectivity index (χ4n) is 4.12. The molecule has 1 atom stereocenters. The predicted molar refractivity (Wildman–Crippen MR) is 117 cm³/mol. The van der Waals surface area contributed by atoms with Gasteiger partial charge in [0, 0.05) is 10.9 Å². The van der Waals surface area contributed by atoms with Gasteiger partial charge in [-0.25, -0.2) is 0 Å². The van der Waals surface area contributed by atoms with E-state index in [1.54, 1.807) is 0 Å². The number of anilines is 1. The number of primary amides is 1. The van der Waals surface area contributed by atoms with Crippen LogP contribution in [0.25, 0.3) is 0 Å². The van der Waals surface area contributed by atoms with Gasteiger partial charge in [0.15, 0.2) is 11.5 Å². The molecule has 0 unspecified atom stereocenters. The summed E-state index contributed by atoms with van der Waals surface area (Å²) in [6.07, 6.45) is 2.81. The van der Waals surface area contributed by atoms with Crippen LogP contribution in [0, 0.1) is 5.92 Å². The molecule has 2 aromatic rings. The molecule has 4 rings (SSSR count). The van der Waals surface area contributed by atoms with E-state index in [1.165, 1.54) is 11.3 Å². The molecule has 0 radical (unpaired) electrons. The number of hydrogen-bond acceptors (Lipinski definition) is 6. The first-order valence-electron chi connectivity index (χ1n) is 10.3. The first kappa shape index (κ1) is 20.7. The minimum atomic E-state index is -0.478. The Balaban J connectivity index is 1.44. The Bertz CT molecular complexity index is 970. The van der Waals surface area contributed by atoms with Crippen molar-refractivity contribution in [3.8, 4) is 11.5 Å². The number of hydrogen-bond donors (Lipinski definition) is 3. The summed E-state index contributed by atoms with van der Waals surface area (Å²) >= 11 is 1.47. The maximum absolute atomic E-state index is 12.6. The summed E-state index contributed by atoms with van der Waals surface area (Å²) in [6.45, 7) is 5.41. The summed E-state index contributed by atoms with van der Waals surface area (Å²) in [4.78, 5) is 25.7. The SMILES string of the molecule is CC(C)[C@@H](NCC(=O)Nc1sc2c(c1C(N)=O)CCC2)c1ccc2c(c1)OCCO2. The molecular formula is C22H27N3O4S. The van der Waals surface area contributed by atoms with Crippen LogP contribution in [0.5, 0.6) is 11.5 Å². The van der Waals surface area contributed by atoms with E-state index in [-0.39, 0.29) is 24.4 Å². The van der Waals surface area contributed by atoms with Crippen LogP contribution in [0.2, 0.25) is 0 Å². The molecule has 0 bridgehead atoms. The molecule has 7 nitrogen and oxygen atoms in total. The normalized spacial score (nSPS) is 15.7. The van der Waals surface area contributed by atoms with Crippen molar-refractivity contribution < 1.29 is 19.1 Å². The van der Waals surface area contributed by atoms with Gasteiger partial charge in [-0.2, -0.15) is 0 Å². The summed E-state index contributed by atoms with van der Waals surface area (Å²) in [5.74, 6) is 1.06. The molecule has 2 aliphatic rings. The standard InChI is InChI=1S/C22H27N3O4S/c1-12(2)20(13-6-7-15-16(10-13)29-9-8-28-15)24-11-18(26)25-22-19(21(23)27)14-4-3-5-17(14)30-22/h6-7,10,12,20,24H,3-5,8-9,11H2,1-2H3,(H2,23,27)(H,25,26)/t20-/m1/s1. The second kappa shape index (κ2) is 8.65. The summed E-state index contributed by atoms with van der Waals surface area (Å²) in [5, 5.41) is 6.80. The molecular weight excluding hydrogens is 402 g/mol. The monoisotopic (exact) mass is 429 g/mol. The van der Waals surface area contributed by atoms with E-state index in [9.17, 15) is 9.59 Å². The predicted octanol–water partition coefficient (Wildman–Crippen LogP) is 3.03. The highest BCUT2D eigenvalue weighted by molar-refractivity contribution is 7.17. The Labute approximate surface area is 179 Å². The number of carbonyl (C=O) groups excluding carboxylic acids is 2. The van der Waals surface area contributed by atoms with Crippen molar-refractivity contribution in [2.45, 2.75) is 39.2 Å². The highest BCUT2D eigenvalue weighted by Gasteiger charge is 2.26. The van der Waals surface area contributed by atoms with Crippen molar-refractivity contribution in [2.75, 3.05) is 25.1 Å². The Morgan fingerprint density at radius 1 is 1.17 bits per heavy atom. The zero-order chi connectivity index (χ0) is 21.3. The summed E-state index contributed by atoms with van der Waals surface area (Å²) in [6, 6.07) is 5.85. The van der Waals surface area contributed by atoms with E-state index >= 15 is 0 Å². The molecule has 0 fully saturated rings. The van der Waals surface area contributed by atoms with Gasteiger partial charge in [-0.15, -0.1) is 11.3 Å². The lowest BCUT2D eigenvalue weighted by molar-refractivity contribution is -0.115. The molecule has 1 aromatic carbocycles. The number of ether oxygens (including phenoxy) is 2. The summed E-state index contributed by atoms with van der Waals surface area (Å²) in [5.41, 5.74) is 8.10. The molecule has 0 spiro atoms. The molecule has 1 aliphatic heterocycles. The number of thiophene rings is 1. The number of nitrogens with two attached hydrogens (primary N) is 1. The van der Waals surface area contributed by atoms with Crippen LogP contribution < -0.4 is 25.8 Å². The fraction of sp³-hybridized carbons (Fsp3) is 0.455. The Hall–Kier alpha value is -2.58. The smallest absolute Gasteiger partial charge is 0.251 e. The summed E-state index contributed by atoms with van der Waals surface area (Å²) < 4.78 is 11.3. The fourth-order valence-corrected chi connectivity index (χ4v) is 5.43. The number of rotatable bonds is 7. The molecule has 1 aliphatic carbocycles. The summed E-state index contributed by atoms with van der Waals surface area (Å²) in [7, 11) is 0. The molecule has 8 heteroatoms. The third-order valence-corrected chi connectivity index (χ3v) is 6.70. The van der Waals surface area contributed by atoms with Crippen LogP contribution in [-0.4, -0.2) is 31.6 Å². The number of aryl methyl sites for hydroxylation is 1. The molecule has 30 heavy (non-hydrogen) atoms. The highest BCUT2D eigenvalue weighted by atomic mass is 32.1. The average Bonchev–Trinajstić information content (AvgIpc) is 3.28. The van der Waals surface area contributed by atoms with E-state index in [4.69, 9.17) is 15.2 Å². The Morgan fingerprint density at radius 2 is 1.93 bits per heavy atom. The lowest BCUT2D eigenvalue weighted by atomic mass is 9.95. The van der Waals surface area contributed by atoms with E-state index < -0.39 is 5.91 Å². The van der Waals surface area contributed by atoms with E-state index in [0.29, 0.717) is 23.8 Å². The molecule has 0 saturated carbocycles. The van der Waals surface area contributed by atoms with Crippen molar-refractivity contribution >= 4 is 28.2 Å². The Morgan fingerprint density at radius 3 is 2.67 bits per heavy atom. The zero-order valence-electron chi connectivity index (χ0n) is 17.2. The van der Waals surface area contributed by atoms with Gasteiger partial charge in [0.2, 0.25) is 5.91 Å². The first-order chi connectivity index (χ1) is 14.4. The highest BCUT2D eigenvalue weighted by Crippen LogP contribution is 2.39. The van der Waals surface area contributed by atoms with Crippen LogP contribution in [0.15, 0.2) is 18.2 Å². The zero-order valence-corrected chi connectivity index (χ0v) is 18.1. The largest absolute Gasteiger partial charge is 0.486 e. The van der Waals surface area contributed by atoms with E-state index in [2.05, 4.69) is 24.5 Å². The quantitative estimate of drug-likeness (QED) is 0.628. The van der Waals surface area contributed by atoms with E-state index in [0.717, 1.165) is 46.8 Å². The van der Waals surface area contributed by atoms with Crippen LogP contribution in [-0.2, 0) is 17.6 Å². The third kappa shape index (κ3) is 4.15. The molecule has 2 heterocycles. The molecule has 2 amide bonds. The van der Waals surface area contributed by atoms with Crippen molar-refractivity contribution in [2.24, 2.45) is 11.7 Å². The maximum atomic E-state index is 12.6. The molecule has 1 aromatic heterocycles. The Kier molecular flexibility index (Phi) is 5.97. The minimum absolute atomic E-state index is 0.0319. The first-order valence-corrected chi connectivity index (χ1v) is 11.1. The number of nitrogens with one attached hydrogen (secondary N) is 2. The van der Waals surface area contributed by atoms with Gasteiger partial charge in [0.1, 0.15) is 18.2 Å². The third-order valence-electron chi connectivity index (χ3n) is 5.50. The molecule has 0 saturated heterocycles. The molecule has 4 N–H and O–H groups in total. The number of carbonyl (C=O) groups is 2. The van der Waals surface area contributed by atoms with Crippen molar-refractivity contribution in [3.05, 3.63) is 39.8 Å². The van der Waals surface area contributed by atoms with Crippen LogP contribution in [0.4, 0.5) is 5.00 Å². The van der Waals surface area contributed by atoms with Crippen LogP contribution in [0.1, 0.15) is 52.7 Å². The topological polar surface area (TPSA) is 103 Å². The van der Waals surface area contributed by atoms with Crippen LogP contribution >= 0.6 is 11.3 Å². The molecule has 160 valence electrons. The average molecular weight is 430 g/mol.